The Kier molecular flexibility index (Phi) is 6.92. The number of aliphatic imine (C=N–C) groups is 1. The van der Waals surface area contributed by atoms with Gasteiger partial charge in [-0.05, 0) is 18.9 Å². The number of pyridine rings is 1. The monoisotopic (exact) mass is 447 g/mol. The smallest absolute Gasteiger partial charge is 0.213 e. The van der Waals surface area contributed by atoms with Crippen LogP contribution in [-0.4, -0.2) is 58.0 Å². The lowest BCUT2D eigenvalue weighted by Crippen LogP contribution is -2.38. The maximum atomic E-state index is 5.69. The summed E-state index contributed by atoms with van der Waals surface area (Å²) in [6.07, 6.45) is 5.84. The number of aromatic amines is 1. The third kappa shape index (κ3) is 5.15. The summed E-state index contributed by atoms with van der Waals surface area (Å²) in [4.78, 5) is 13.5. The van der Waals surface area contributed by atoms with Gasteiger partial charge in [-0.2, -0.15) is 0 Å². The first-order chi connectivity index (χ1) is 14.7. The highest BCUT2D eigenvalue weighted by atomic mass is 32.2. The molecule has 1 aliphatic rings. The summed E-state index contributed by atoms with van der Waals surface area (Å²) in [5.41, 5.74) is 2.85. The number of hydrogen-bond donors (Lipinski definition) is 3. The van der Waals surface area contributed by atoms with Crippen LogP contribution in [0.3, 0.4) is 0 Å². The highest BCUT2D eigenvalue weighted by molar-refractivity contribution is 7.96. The zero-order chi connectivity index (χ0) is 20.8. The molecular weight excluding hydrogens is 422 g/mol. The molecule has 4 rings (SSSR count). The van der Waals surface area contributed by atoms with E-state index < -0.39 is 0 Å². The molecule has 1 unspecified atom stereocenters. The van der Waals surface area contributed by atoms with E-state index in [2.05, 4.69) is 32.0 Å². The molecule has 0 saturated carbocycles. The zero-order valence-electron chi connectivity index (χ0n) is 16.9. The van der Waals surface area contributed by atoms with Crippen LogP contribution in [0, 0.1) is 0 Å². The number of aromatic nitrogens is 4. The van der Waals surface area contributed by atoms with Crippen molar-refractivity contribution in [1.82, 2.24) is 29.2 Å². The molecule has 9 nitrogen and oxygen atoms in total. The van der Waals surface area contributed by atoms with Crippen LogP contribution in [0.15, 0.2) is 34.9 Å². The summed E-state index contributed by atoms with van der Waals surface area (Å²) in [6.45, 7) is 4.38. The molecule has 0 radical (unpaired) electrons. The lowest BCUT2D eigenvalue weighted by Gasteiger charge is -2.17. The summed E-state index contributed by atoms with van der Waals surface area (Å²) < 4.78 is 16.1. The Hall–Kier alpha value is -2.50. The van der Waals surface area contributed by atoms with Gasteiger partial charge in [0.15, 0.2) is 0 Å². The average Bonchev–Trinajstić information content (AvgIpc) is 3.24. The predicted molar refractivity (Wildman–Crippen MR) is 121 cm³/mol. The van der Waals surface area contributed by atoms with Crippen LogP contribution in [0.1, 0.15) is 19.8 Å². The number of H-pyrrole nitrogens is 1. The average molecular weight is 448 g/mol. The van der Waals surface area contributed by atoms with Gasteiger partial charge in [0, 0.05) is 43.4 Å². The number of guanidine groups is 1. The van der Waals surface area contributed by atoms with Gasteiger partial charge >= 0.3 is 0 Å². The number of rotatable bonds is 9. The van der Waals surface area contributed by atoms with Crippen LogP contribution in [0.4, 0.5) is 0 Å². The molecule has 3 N–H and O–H groups in total. The molecule has 0 fully saturated rings. The van der Waals surface area contributed by atoms with Gasteiger partial charge in [0.1, 0.15) is 23.0 Å². The highest BCUT2D eigenvalue weighted by Crippen LogP contribution is 2.29. The quantitative estimate of drug-likeness (QED) is 0.433. The lowest BCUT2D eigenvalue weighted by molar-refractivity contribution is 0.0540. The molecule has 0 aromatic carbocycles. The fraction of sp³-hybridized carbons (Fsp3) is 0.421. The van der Waals surface area contributed by atoms with Gasteiger partial charge in [-0.25, -0.2) is 14.1 Å². The number of methoxy groups -OCH3 is 1. The van der Waals surface area contributed by atoms with Crippen LogP contribution in [0.5, 0.6) is 5.88 Å². The summed E-state index contributed by atoms with van der Waals surface area (Å²) in [5.74, 6) is 1.41. The molecule has 3 aromatic heterocycles. The minimum absolute atomic E-state index is 0.0797. The van der Waals surface area contributed by atoms with Crippen LogP contribution in [0.2, 0.25) is 0 Å². The van der Waals surface area contributed by atoms with Crippen molar-refractivity contribution in [3.05, 3.63) is 29.9 Å². The Morgan fingerprint density at radius 1 is 1.40 bits per heavy atom. The van der Waals surface area contributed by atoms with Crippen molar-refractivity contribution in [2.45, 2.75) is 25.9 Å². The lowest BCUT2D eigenvalue weighted by atomic mass is 10.3. The second kappa shape index (κ2) is 10.0. The molecule has 0 saturated heterocycles. The molecule has 0 bridgehead atoms. The first-order valence-electron chi connectivity index (χ1n) is 9.82. The van der Waals surface area contributed by atoms with Crippen LogP contribution in [0.25, 0.3) is 22.0 Å². The summed E-state index contributed by atoms with van der Waals surface area (Å²) in [6, 6.07) is 3.84. The van der Waals surface area contributed by atoms with E-state index >= 15 is 0 Å². The predicted octanol–water partition coefficient (Wildman–Crippen LogP) is 3.16. The van der Waals surface area contributed by atoms with Crippen LogP contribution in [-0.2, 0) is 4.74 Å². The van der Waals surface area contributed by atoms with E-state index in [0.717, 1.165) is 53.8 Å². The molecule has 0 amide bonds. The van der Waals surface area contributed by atoms with Gasteiger partial charge in [-0.3, -0.25) is 14.8 Å². The SMILES string of the molecule is CCC(COc1ccc(-c2nc(-c3cn(SNC4=NCCCN4)[nH]3)cs2)cn1)OC. The molecule has 11 heteroatoms. The molecule has 160 valence electrons. The Morgan fingerprint density at radius 2 is 2.30 bits per heavy atom. The maximum absolute atomic E-state index is 5.69. The zero-order valence-corrected chi connectivity index (χ0v) is 18.6. The van der Waals surface area contributed by atoms with E-state index in [1.54, 1.807) is 24.6 Å². The van der Waals surface area contributed by atoms with Crippen molar-refractivity contribution < 1.29 is 9.47 Å². The molecule has 30 heavy (non-hydrogen) atoms. The van der Waals surface area contributed by atoms with Gasteiger partial charge in [0.05, 0.1) is 24.4 Å². The highest BCUT2D eigenvalue weighted by Gasteiger charge is 2.13. The van der Waals surface area contributed by atoms with Gasteiger partial charge in [-0.15, -0.1) is 11.3 Å². The molecule has 4 heterocycles. The molecule has 3 aromatic rings. The van der Waals surface area contributed by atoms with E-state index in [4.69, 9.17) is 14.5 Å². The van der Waals surface area contributed by atoms with E-state index in [-0.39, 0.29) is 6.10 Å². The fourth-order valence-electron chi connectivity index (χ4n) is 2.75. The third-order valence-corrected chi connectivity index (χ3v) is 6.15. The van der Waals surface area contributed by atoms with Crippen molar-refractivity contribution in [2.75, 3.05) is 26.8 Å². The molecule has 0 aliphatic carbocycles. The maximum Gasteiger partial charge on any atom is 0.213 e. The topological polar surface area (TPSA) is 101 Å². The molecule has 1 aliphatic heterocycles. The second-order valence-electron chi connectivity index (χ2n) is 6.68. The summed E-state index contributed by atoms with van der Waals surface area (Å²) in [7, 11) is 1.69. The Morgan fingerprint density at radius 3 is 3.00 bits per heavy atom. The van der Waals surface area contributed by atoms with Gasteiger partial charge in [0.25, 0.3) is 0 Å². The van der Waals surface area contributed by atoms with Crippen LogP contribution >= 0.6 is 23.5 Å². The van der Waals surface area contributed by atoms with Crippen LogP contribution < -0.4 is 14.8 Å². The van der Waals surface area contributed by atoms with E-state index in [9.17, 15) is 0 Å². The van der Waals surface area contributed by atoms with E-state index in [1.807, 2.05) is 27.8 Å². The normalized spacial score (nSPS) is 14.8. The Bertz CT molecular complexity index is 948. The molecular formula is C19H25N7O2S2. The van der Waals surface area contributed by atoms with E-state index in [0.29, 0.717) is 12.5 Å². The molecule has 1 atom stereocenters. The van der Waals surface area contributed by atoms with Gasteiger partial charge in [-0.1, -0.05) is 6.92 Å². The minimum Gasteiger partial charge on any atom is -0.475 e. The number of hydrogen-bond acceptors (Lipinski definition) is 9. The minimum atomic E-state index is 0.0797. The Balaban J connectivity index is 1.31. The number of nitrogens with one attached hydrogen (secondary N) is 3. The first-order valence-corrected chi connectivity index (χ1v) is 11.5. The molecule has 0 spiro atoms. The standard InChI is InChI=1S/C19H25N7O2S2/c1-3-14(27-2)11-28-17-6-5-13(9-22-17)18-23-16(12-29-18)15-10-26(24-15)30-25-19-20-7-4-8-21-19/h5-6,9-10,12,14,24H,3-4,7-8,11H2,1-2H3,(H2,20,21,25). The summed E-state index contributed by atoms with van der Waals surface area (Å²) >= 11 is 3.01. The van der Waals surface area contributed by atoms with Crippen molar-refractivity contribution in [3.8, 4) is 27.8 Å². The number of thiazole rings is 1. The van der Waals surface area contributed by atoms with Crippen molar-refractivity contribution in [3.63, 3.8) is 0 Å². The van der Waals surface area contributed by atoms with Crippen molar-refractivity contribution >= 4 is 29.4 Å². The van der Waals surface area contributed by atoms with E-state index in [1.165, 1.54) is 12.1 Å². The second-order valence-corrected chi connectivity index (χ2v) is 8.32. The van der Waals surface area contributed by atoms with Crippen molar-refractivity contribution in [1.29, 1.82) is 0 Å². The first kappa shape index (κ1) is 20.8. The fourth-order valence-corrected chi connectivity index (χ4v) is 4.18. The number of ether oxygens (including phenoxy) is 2. The Labute approximate surface area is 183 Å². The third-order valence-electron chi connectivity index (χ3n) is 4.58. The van der Waals surface area contributed by atoms with Gasteiger partial charge in [0.2, 0.25) is 11.8 Å². The van der Waals surface area contributed by atoms with Crippen molar-refractivity contribution in [2.24, 2.45) is 4.99 Å². The number of nitrogens with zero attached hydrogens (tertiary/aromatic N) is 4. The summed E-state index contributed by atoms with van der Waals surface area (Å²) in [5, 5.41) is 9.43. The van der Waals surface area contributed by atoms with Gasteiger partial charge < -0.3 is 14.8 Å². The largest absolute Gasteiger partial charge is 0.475 e.